The van der Waals surface area contributed by atoms with E-state index in [1.54, 1.807) is 12.4 Å². The molecular formula is C17H15N3. The van der Waals surface area contributed by atoms with E-state index in [0.29, 0.717) is 0 Å². The van der Waals surface area contributed by atoms with E-state index >= 15 is 0 Å². The average Bonchev–Trinajstić information content (AvgIpc) is 2.53. The average molecular weight is 261 g/mol. The Bertz CT molecular complexity index is 748. The van der Waals surface area contributed by atoms with Gasteiger partial charge in [-0.25, -0.2) is 0 Å². The van der Waals surface area contributed by atoms with Crippen LogP contribution in [-0.4, -0.2) is 10.7 Å². The summed E-state index contributed by atoms with van der Waals surface area (Å²) in [6.45, 7) is 2.00. The molecule has 1 heterocycles. The van der Waals surface area contributed by atoms with Crippen molar-refractivity contribution >= 4 is 22.2 Å². The summed E-state index contributed by atoms with van der Waals surface area (Å²) in [6.07, 6.45) is 3.48. The van der Waals surface area contributed by atoms with E-state index < -0.39 is 0 Å². The second kappa shape index (κ2) is 5.53. The Kier molecular flexibility index (Phi) is 3.42. The van der Waals surface area contributed by atoms with Crippen LogP contribution in [0.15, 0.2) is 72.1 Å². The van der Waals surface area contributed by atoms with Crippen LogP contribution in [0.5, 0.6) is 0 Å². The minimum Gasteiger partial charge on any atom is -0.278 e. The van der Waals surface area contributed by atoms with E-state index in [-0.39, 0.29) is 0 Å². The summed E-state index contributed by atoms with van der Waals surface area (Å²) >= 11 is 0. The van der Waals surface area contributed by atoms with Gasteiger partial charge in [-0.3, -0.25) is 10.4 Å². The molecule has 98 valence electrons. The summed E-state index contributed by atoms with van der Waals surface area (Å²) < 4.78 is 0. The monoisotopic (exact) mass is 261 g/mol. The van der Waals surface area contributed by atoms with Crippen molar-refractivity contribution in [3.8, 4) is 0 Å². The first-order valence-corrected chi connectivity index (χ1v) is 6.52. The molecule has 0 aliphatic heterocycles. The van der Waals surface area contributed by atoms with Crippen molar-refractivity contribution in [1.29, 1.82) is 0 Å². The lowest BCUT2D eigenvalue weighted by molar-refractivity contribution is 1.27. The molecule has 0 fully saturated rings. The SMILES string of the molecule is C/C(=N\Nc1ccncc1)c1ccc2ccccc2c1. The number of nitrogens with one attached hydrogen (secondary N) is 1. The van der Waals surface area contributed by atoms with Crippen LogP contribution in [-0.2, 0) is 0 Å². The fraction of sp³-hybridized carbons (Fsp3) is 0.0588. The second-order valence-corrected chi connectivity index (χ2v) is 4.61. The Hall–Kier alpha value is -2.68. The number of anilines is 1. The highest BCUT2D eigenvalue weighted by atomic mass is 15.3. The molecule has 0 aliphatic carbocycles. The predicted octanol–water partition coefficient (Wildman–Crippen LogP) is 4.07. The quantitative estimate of drug-likeness (QED) is 0.570. The lowest BCUT2D eigenvalue weighted by Gasteiger charge is -2.05. The molecule has 0 saturated heterocycles. The second-order valence-electron chi connectivity index (χ2n) is 4.61. The first-order valence-electron chi connectivity index (χ1n) is 6.52. The third-order valence-electron chi connectivity index (χ3n) is 3.20. The van der Waals surface area contributed by atoms with E-state index in [1.807, 2.05) is 31.2 Å². The van der Waals surface area contributed by atoms with Gasteiger partial charge in [0.2, 0.25) is 0 Å². The number of rotatable bonds is 3. The maximum atomic E-state index is 4.41. The largest absolute Gasteiger partial charge is 0.278 e. The Morgan fingerprint density at radius 2 is 1.70 bits per heavy atom. The standard InChI is InChI=1S/C17H15N3/c1-13(19-20-17-8-10-18-11-9-17)15-7-6-14-4-2-3-5-16(14)12-15/h2-12H,1H3,(H,18,20)/b19-13+. The maximum absolute atomic E-state index is 4.41. The van der Waals surface area contributed by atoms with Gasteiger partial charge in [0.1, 0.15) is 0 Å². The van der Waals surface area contributed by atoms with Crippen LogP contribution in [0.1, 0.15) is 12.5 Å². The van der Waals surface area contributed by atoms with E-state index in [4.69, 9.17) is 0 Å². The van der Waals surface area contributed by atoms with Crippen molar-refractivity contribution in [2.75, 3.05) is 5.43 Å². The van der Waals surface area contributed by atoms with Crippen molar-refractivity contribution in [1.82, 2.24) is 4.98 Å². The highest BCUT2D eigenvalue weighted by Gasteiger charge is 1.99. The normalized spacial score (nSPS) is 11.6. The Balaban J connectivity index is 1.86. The molecule has 0 radical (unpaired) electrons. The van der Waals surface area contributed by atoms with Crippen molar-refractivity contribution in [3.05, 3.63) is 72.6 Å². The van der Waals surface area contributed by atoms with Gasteiger partial charge in [-0.15, -0.1) is 0 Å². The predicted molar refractivity (Wildman–Crippen MR) is 84.0 cm³/mol. The zero-order valence-corrected chi connectivity index (χ0v) is 11.2. The maximum Gasteiger partial charge on any atom is 0.0648 e. The fourth-order valence-corrected chi connectivity index (χ4v) is 2.05. The molecule has 2 aromatic carbocycles. The third-order valence-corrected chi connectivity index (χ3v) is 3.20. The number of fused-ring (bicyclic) bond motifs is 1. The molecule has 0 bridgehead atoms. The van der Waals surface area contributed by atoms with Crippen LogP contribution >= 0.6 is 0 Å². The molecule has 3 rings (SSSR count). The first-order chi connectivity index (χ1) is 9.83. The van der Waals surface area contributed by atoms with Gasteiger partial charge in [0, 0.05) is 12.4 Å². The molecule has 0 aliphatic rings. The number of pyridine rings is 1. The van der Waals surface area contributed by atoms with Crippen molar-refractivity contribution in [2.24, 2.45) is 5.10 Å². The molecule has 0 atom stereocenters. The summed E-state index contributed by atoms with van der Waals surface area (Å²) in [5, 5.41) is 6.88. The molecular weight excluding hydrogens is 246 g/mol. The molecule has 0 amide bonds. The lowest BCUT2D eigenvalue weighted by Crippen LogP contribution is -1.99. The Morgan fingerprint density at radius 3 is 2.50 bits per heavy atom. The van der Waals surface area contributed by atoms with Crippen molar-refractivity contribution in [3.63, 3.8) is 0 Å². The molecule has 3 aromatic rings. The number of hydrogen-bond acceptors (Lipinski definition) is 3. The molecule has 0 spiro atoms. The fourth-order valence-electron chi connectivity index (χ4n) is 2.05. The number of aromatic nitrogens is 1. The van der Waals surface area contributed by atoms with E-state index in [9.17, 15) is 0 Å². The van der Waals surface area contributed by atoms with Gasteiger partial charge in [0.15, 0.2) is 0 Å². The van der Waals surface area contributed by atoms with E-state index in [0.717, 1.165) is 17.0 Å². The summed E-state index contributed by atoms with van der Waals surface area (Å²) in [6, 6.07) is 18.5. The van der Waals surface area contributed by atoms with Crippen LogP contribution < -0.4 is 5.43 Å². The van der Waals surface area contributed by atoms with Gasteiger partial charge >= 0.3 is 0 Å². The first kappa shape index (κ1) is 12.4. The highest BCUT2D eigenvalue weighted by molar-refractivity contribution is 6.02. The molecule has 0 saturated carbocycles. The zero-order valence-electron chi connectivity index (χ0n) is 11.2. The molecule has 3 nitrogen and oxygen atoms in total. The Morgan fingerprint density at radius 1 is 0.950 bits per heavy atom. The van der Waals surface area contributed by atoms with Crippen molar-refractivity contribution < 1.29 is 0 Å². The van der Waals surface area contributed by atoms with Gasteiger partial charge in [-0.2, -0.15) is 5.10 Å². The van der Waals surface area contributed by atoms with Gasteiger partial charge in [0.05, 0.1) is 11.4 Å². The minimum absolute atomic E-state index is 0.931. The van der Waals surface area contributed by atoms with Gasteiger partial charge in [0.25, 0.3) is 0 Å². The lowest BCUT2D eigenvalue weighted by atomic mass is 10.0. The van der Waals surface area contributed by atoms with Crippen LogP contribution in [0.3, 0.4) is 0 Å². The summed E-state index contributed by atoms with van der Waals surface area (Å²) in [7, 11) is 0. The van der Waals surface area contributed by atoms with Crippen LogP contribution in [0.4, 0.5) is 5.69 Å². The van der Waals surface area contributed by atoms with E-state index in [1.165, 1.54) is 10.8 Å². The minimum atomic E-state index is 0.931. The van der Waals surface area contributed by atoms with Crippen molar-refractivity contribution in [2.45, 2.75) is 6.92 Å². The van der Waals surface area contributed by atoms with Crippen LogP contribution in [0.2, 0.25) is 0 Å². The summed E-state index contributed by atoms with van der Waals surface area (Å²) in [5.41, 5.74) is 6.04. The van der Waals surface area contributed by atoms with Gasteiger partial charge in [-0.1, -0.05) is 36.4 Å². The van der Waals surface area contributed by atoms with Gasteiger partial charge in [-0.05, 0) is 41.5 Å². The Labute approximate surface area is 118 Å². The zero-order chi connectivity index (χ0) is 13.8. The highest BCUT2D eigenvalue weighted by Crippen LogP contribution is 2.16. The van der Waals surface area contributed by atoms with Gasteiger partial charge < -0.3 is 0 Å². The molecule has 3 heteroatoms. The third kappa shape index (κ3) is 2.67. The summed E-state index contributed by atoms with van der Waals surface area (Å²) in [4.78, 5) is 3.98. The number of hydrogen-bond donors (Lipinski definition) is 1. The number of hydrazone groups is 1. The number of benzene rings is 2. The number of nitrogens with zero attached hydrogens (tertiary/aromatic N) is 2. The molecule has 1 N–H and O–H groups in total. The molecule has 0 unspecified atom stereocenters. The van der Waals surface area contributed by atoms with Crippen LogP contribution in [0.25, 0.3) is 10.8 Å². The smallest absolute Gasteiger partial charge is 0.0648 e. The van der Waals surface area contributed by atoms with Crippen LogP contribution in [0, 0.1) is 0 Å². The molecule has 1 aromatic heterocycles. The summed E-state index contributed by atoms with van der Waals surface area (Å²) in [5.74, 6) is 0. The molecule has 20 heavy (non-hydrogen) atoms. The van der Waals surface area contributed by atoms with E-state index in [2.05, 4.69) is 45.8 Å². The topological polar surface area (TPSA) is 37.3 Å².